The standard InChI is InChI=1S/C72H112ClN7O28/c1-6-66(92)108-72(50(2)43-54-53-8-7-51-44-52(81)15-17-69(51,3)71(53,73)57(82)45-70(54,72)4)58(83)48-107-49-77-62(87)46-75-61(86)47-76-67(93)55(10-14-65(90)91)79-68(94)56(78-60(85)16-19-80-63(88)12-13-64(80)89)9-11-59(84)74-18-20-96-23-24-98-27-28-100-31-32-102-35-36-104-39-40-106-42-41-105-38-37-103-34-33-101-30-29-99-26-25-97-22-21-95-5/h12-13,15,17,44,50,53-57,82H,6-11,14,16,18-43,45-49H2,1-5H3,(H,74,84)(H,75,86)(H,76,93)(H,77,87)(H,78,85)(H,79,94)(H,90,91)/t50-,53-,54-,55-,56-,57-,69-,70-,71-,72-/m0/s1. The molecule has 35 nitrogen and oxygen atoms in total. The second-order valence-corrected chi connectivity index (χ2v) is 27.2. The summed E-state index contributed by atoms with van der Waals surface area (Å²) < 4.78 is 77.0. The first-order chi connectivity index (χ1) is 51.9. The van der Waals surface area contributed by atoms with Crippen LogP contribution in [0.5, 0.6) is 0 Å². The summed E-state index contributed by atoms with van der Waals surface area (Å²) in [4.78, 5) is 155. The van der Waals surface area contributed by atoms with Gasteiger partial charge in [-0.2, -0.15) is 0 Å². The number of aliphatic carboxylic acids is 1. The molecule has 36 heteroatoms. The highest BCUT2D eigenvalue weighted by Gasteiger charge is 2.76. The number of ether oxygens (including phenoxy) is 14. The lowest BCUT2D eigenvalue weighted by molar-refractivity contribution is -0.203. The van der Waals surface area contributed by atoms with E-state index in [4.69, 9.17) is 77.9 Å². The van der Waals surface area contributed by atoms with Gasteiger partial charge in [-0.25, -0.2) is 0 Å². The van der Waals surface area contributed by atoms with Crippen LogP contribution in [0.3, 0.4) is 0 Å². The number of carbonyl (C=O) groups excluding carboxylic acids is 11. The molecule has 3 fully saturated rings. The molecule has 0 radical (unpaired) electrons. The largest absolute Gasteiger partial charge is 0.481 e. The Hall–Kier alpha value is -6.81. The monoisotopic (exact) mass is 1560 g/mol. The van der Waals surface area contributed by atoms with E-state index in [1.165, 1.54) is 6.08 Å². The van der Waals surface area contributed by atoms with Gasteiger partial charge < -0.3 is 108 Å². The number of methoxy groups -OCH3 is 1. The van der Waals surface area contributed by atoms with Crippen LogP contribution in [-0.4, -0.2) is 313 Å². The smallest absolute Gasteiger partial charge is 0.306 e. The van der Waals surface area contributed by atoms with E-state index in [0.29, 0.717) is 151 Å². The fraction of sp³-hybridized carbons (Fsp3) is 0.750. The number of rotatable bonds is 60. The third kappa shape index (κ3) is 29.1. The number of Topliss-reactive ketones (excluding diaryl/α,β-unsaturated/α-hetero) is 1. The molecular weight excluding hydrogens is 1450 g/mol. The number of carboxylic acid groups (broad SMARTS) is 1. The van der Waals surface area contributed by atoms with E-state index in [9.17, 15) is 67.7 Å². The second-order valence-electron chi connectivity index (χ2n) is 26.6. The van der Waals surface area contributed by atoms with Crippen LogP contribution in [0.4, 0.5) is 0 Å². The van der Waals surface area contributed by atoms with Gasteiger partial charge in [0.25, 0.3) is 11.8 Å². The molecule has 3 saturated carbocycles. The van der Waals surface area contributed by atoms with E-state index in [0.717, 1.165) is 22.6 Å². The zero-order valence-electron chi connectivity index (χ0n) is 62.8. The lowest BCUT2D eigenvalue weighted by Gasteiger charge is -2.64. The van der Waals surface area contributed by atoms with Gasteiger partial charge in [0.05, 0.1) is 176 Å². The zero-order valence-corrected chi connectivity index (χ0v) is 63.5. The van der Waals surface area contributed by atoms with Crippen LogP contribution in [0.25, 0.3) is 0 Å². The number of nitrogens with zero attached hydrogens (tertiary/aromatic N) is 1. The second kappa shape index (κ2) is 49.4. The van der Waals surface area contributed by atoms with Gasteiger partial charge in [-0.15, -0.1) is 11.6 Å². The van der Waals surface area contributed by atoms with Crippen molar-refractivity contribution in [2.75, 3.05) is 199 Å². The maximum absolute atomic E-state index is 14.6. The summed E-state index contributed by atoms with van der Waals surface area (Å²) in [6.45, 7) is 13.5. The van der Waals surface area contributed by atoms with Crippen molar-refractivity contribution in [3.63, 3.8) is 0 Å². The first kappa shape index (κ1) is 91.8. The van der Waals surface area contributed by atoms with Crippen molar-refractivity contribution in [2.24, 2.45) is 28.6 Å². The predicted molar refractivity (Wildman–Crippen MR) is 381 cm³/mol. The number of hydrogen-bond acceptors (Lipinski definition) is 27. The van der Waals surface area contributed by atoms with Crippen molar-refractivity contribution in [3.05, 3.63) is 36.0 Å². The molecule has 5 rings (SSSR count). The predicted octanol–water partition coefficient (Wildman–Crippen LogP) is -0.669. The van der Waals surface area contributed by atoms with Crippen LogP contribution in [0, 0.1) is 28.6 Å². The van der Waals surface area contributed by atoms with E-state index in [1.807, 2.05) is 13.8 Å². The molecule has 4 aliphatic carbocycles. The van der Waals surface area contributed by atoms with Gasteiger partial charge in [0.1, 0.15) is 25.4 Å². The molecule has 1 heterocycles. The number of imide groups is 1. The maximum atomic E-state index is 14.6. The summed E-state index contributed by atoms with van der Waals surface area (Å²) in [7, 11) is 1.62. The third-order valence-corrected chi connectivity index (χ3v) is 20.3. The molecule has 0 aromatic carbocycles. The van der Waals surface area contributed by atoms with Gasteiger partial charge in [-0.1, -0.05) is 39.3 Å². The molecule has 0 unspecified atom stereocenters. The van der Waals surface area contributed by atoms with Crippen molar-refractivity contribution in [1.29, 1.82) is 0 Å². The van der Waals surface area contributed by atoms with Crippen LogP contribution < -0.4 is 31.9 Å². The molecule has 10 atom stereocenters. The Balaban J connectivity index is 0.936. The van der Waals surface area contributed by atoms with Crippen LogP contribution in [0.15, 0.2) is 36.0 Å². The number of alkyl halides is 1. The van der Waals surface area contributed by atoms with E-state index in [2.05, 4.69) is 31.9 Å². The lowest BCUT2D eigenvalue weighted by Crippen LogP contribution is -2.69. The number of carboxylic acids is 1. The van der Waals surface area contributed by atoms with E-state index in [1.54, 1.807) is 33.1 Å². The van der Waals surface area contributed by atoms with E-state index in [-0.39, 0.29) is 76.2 Å². The molecule has 8 amide bonds. The minimum Gasteiger partial charge on any atom is -0.481 e. The average molecular weight is 1560 g/mol. The number of allylic oxidation sites excluding steroid dienone is 4. The molecule has 0 aromatic rings. The number of ketones is 2. The average Bonchev–Trinajstić information content (AvgIpc) is 1.43. The highest BCUT2D eigenvalue weighted by atomic mass is 35.5. The van der Waals surface area contributed by atoms with Crippen LogP contribution in [0.1, 0.15) is 91.9 Å². The Morgan fingerprint density at radius 3 is 1.56 bits per heavy atom. The molecule has 108 heavy (non-hydrogen) atoms. The molecule has 0 bridgehead atoms. The van der Waals surface area contributed by atoms with Crippen molar-refractivity contribution >= 4 is 82.4 Å². The molecular formula is C72H112ClN7O28. The highest BCUT2D eigenvalue weighted by Crippen LogP contribution is 2.72. The van der Waals surface area contributed by atoms with Gasteiger partial charge in [0.15, 0.2) is 11.4 Å². The van der Waals surface area contributed by atoms with E-state index >= 15 is 0 Å². The summed E-state index contributed by atoms with van der Waals surface area (Å²) in [6.07, 6.45) is 4.75. The number of amides is 8. The van der Waals surface area contributed by atoms with Gasteiger partial charge in [-0.3, -0.25) is 62.4 Å². The third-order valence-electron chi connectivity index (χ3n) is 19.4. The Morgan fingerprint density at radius 1 is 0.574 bits per heavy atom. The number of esters is 1. The minimum absolute atomic E-state index is 0.0163. The van der Waals surface area contributed by atoms with Crippen molar-refractivity contribution in [2.45, 2.75) is 121 Å². The Labute approximate surface area is 634 Å². The first-order valence-electron chi connectivity index (χ1n) is 36.8. The Bertz CT molecular complexity index is 3000. The number of aliphatic hydroxyl groups excluding tert-OH is 1. The normalized spacial score (nSPS) is 23.2. The SMILES string of the molecule is CCC(=O)O[C@]1(C(=O)COCNC(=O)CNC(=O)CNC(=O)[C@H](CCC(=O)O)NC(=O)[C@H](CCC(=O)NCCOCCOCCOCCOCCOCCOCCOCCOCCOCCOCCOCCOC)NC(=O)CCN2C(=O)C=CC2=O)[C@@H](C)C[C@H]2[C@@H]3CCC4=CC(=O)C=C[C@]4(C)[C@@]3(Cl)[C@@H](O)C[C@@]21C. The molecule has 1 aliphatic heterocycles. The Kier molecular flexibility index (Phi) is 42.0. The summed E-state index contributed by atoms with van der Waals surface area (Å²) in [5.74, 6) is -10.4. The van der Waals surface area contributed by atoms with Crippen molar-refractivity contribution in [3.8, 4) is 0 Å². The number of nitrogens with one attached hydrogen (secondary N) is 6. The number of carbonyl (C=O) groups is 12. The zero-order chi connectivity index (χ0) is 78.8. The fourth-order valence-corrected chi connectivity index (χ4v) is 14.4. The molecule has 0 saturated heterocycles. The lowest BCUT2D eigenvalue weighted by atomic mass is 9.45. The van der Waals surface area contributed by atoms with Crippen molar-refractivity contribution in [1.82, 2.24) is 36.8 Å². The maximum Gasteiger partial charge on any atom is 0.306 e. The molecule has 8 N–H and O–H groups in total. The van der Waals surface area contributed by atoms with Crippen LogP contribution in [0.2, 0.25) is 0 Å². The summed E-state index contributed by atoms with van der Waals surface area (Å²) in [5.41, 5.74) is -2.92. The number of halogens is 1. The number of fused-ring (bicyclic) bond motifs is 5. The van der Waals surface area contributed by atoms with Gasteiger partial charge in [0.2, 0.25) is 41.2 Å². The van der Waals surface area contributed by atoms with E-state index < -0.39 is 156 Å². The quantitative estimate of drug-likeness (QED) is 0.0123. The summed E-state index contributed by atoms with van der Waals surface area (Å²) in [5, 5.41) is 36.1. The molecule has 0 spiro atoms. The fourth-order valence-electron chi connectivity index (χ4n) is 13.9. The highest BCUT2D eigenvalue weighted by molar-refractivity contribution is 6.26. The van der Waals surface area contributed by atoms with Gasteiger partial charge in [0, 0.05) is 74.8 Å². The minimum atomic E-state index is -1.76. The van der Waals surface area contributed by atoms with Crippen molar-refractivity contribution < 1.29 is 134 Å². The van der Waals surface area contributed by atoms with Crippen LogP contribution >= 0.6 is 11.6 Å². The number of hydrogen-bond donors (Lipinski definition) is 8. The first-order valence-corrected chi connectivity index (χ1v) is 37.2. The van der Waals surface area contributed by atoms with Gasteiger partial charge in [-0.05, 0) is 62.5 Å². The topological polar surface area (TPSA) is 450 Å². The molecule has 5 aliphatic rings. The summed E-state index contributed by atoms with van der Waals surface area (Å²) in [6, 6.07) is -3.14. The summed E-state index contributed by atoms with van der Waals surface area (Å²) >= 11 is 7.62. The number of aliphatic hydroxyl groups is 1. The van der Waals surface area contributed by atoms with Gasteiger partial charge >= 0.3 is 11.9 Å². The molecule has 610 valence electrons. The molecule has 0 aromatic heterocycles. The van der Waals surface area contributed by atoms with Crippen LogP contribution in [-0.2, 0) is 124 Å². The Morgan fingerprint density at radius 2 is 1.06 bits per heavy atom.